The van der Waals surface area contributed by atoms with Crippen LogP contribution in [0.5, 0.6) is 0 Å². The van der Waals surface area contributed by atoms with Gasteiger partial charge in [-0.3, -0.25) is 9.59 Å². The van der Waals surface area contributed by atoms with Crippen molar-refractivity contribution >= 4 is 11.9 Å². The molecule has 0 spiro atoms. The van der Waals surface area contributed by atoms with Gasteiger partial charge in [-0.1, -0.05) is 284 Å². The SMILES string of the molecule is CC/C=C/C=C/C=C/C=C\CCCCCCCC(=O)OC1C(OCC(NC(=O)C(O)CCCCCCCCCCCC/C=C\C/C=C\C/C=C\C/C=C\CCCCC)C(O)/C=C/CCCCCCCCCCCCC)OC(CO)C(O)C1O. The summed E-state index contributed by atoms with van der Waals surface area (Å²) in [7, 11) is 0. The fraction of sp³-hybridized carbons (Fsp3) is 0.722. The van der Waals surface area contributed by atoms with Crippen LogP contribution in [-0.4, -0.2) is 99.6 Å². The van der Waals surface area contributed by atoms with Crippen LogP contribution >= 0.6 is 0 Å². The van der Waals surface area contributed by atoms with Crippen LogP contribution in [0.1, 0.15) is 271 Å². The second kappa shape index (κ2) is 58.7. The van der Waals surface area contributed by atoms with Crippen molar-refractivity contribution < 1.29 is 49.3 Å². The van der Waals surface area contributed by atoms with Crippen molar-refractivity contribution in [3.05, 3.63) is 109 Å². The molecule has 0 radical (unpaired) electrons. The van der Waals surface area contributed by atoms with Gasteiger partial charge < -0.3 is 45.1 Å². The summed E-state index contributed by atoms with van der Waals surface area (Å²) in [6, 6.07) is -1.04. The molecule has 11 heteroatoms. The van der Waals surface area contributed by atoms with E-state index in [1.165, 1.54) is 122 Å². The Labute approximate surface area is 507 Å². The number of ether oxygens (including phenoxy) is 3. The molecule has 8 unspecified atom stereocenters. The van der Waals surface area contributed by atoms with Gasteiger partial charge in [0.05, 0.1) is 25.4 Å². The van der Waals surface area contributed by atoms with E-state index in [1.54, 1.807) is 6.08 Å². The van der Waals surface area contributed by atoms with E-state index in [0.717, 1.165) is 103 Å². The van der Waals surface area contributed by atoms with Gasteiger partial charge in [0.15, 0.2) is 12.4 Å². The predicted molar refractivity (Wildman–Crippen MR) is 347 cm³/mol. The lowest BCUT2D eigenvalue weighted by molar-refractivity contribution is -0.305. The van der Waals surface area contributed by atoms with E-state index >= 15 is 0 Å². The third kappa shape index (κ3) is 46.2. The van der Waals surface area contributed by atoms with Gasteiger partial charge in [0.25, 0.3) is 0 Å². The largest absolute Gasteiger partial charge is 0.454 e. The molecule has 6 N–H and O–H groups in total. The van der Waals surface area contributed by atoms with E-state index in [4.69, 9.17) is 14.2 Å². The van der Waals surface area contributed by atoms with Crippen molar-refractivity contribution in [2.75, 3.05) is 13.2 Å². The normalized spacial score (nSPS) is 19.3. The maximum Gasteiger partial charge on any atom is 0.306 e. The van der Waals surface area contributed by atoms with Crippen LogP contribution in [0.25, 0.3) is 0 Å². The molecule has 11 nitrogen and oxygen atoms in total. The number of aliphatic hydroxyl groups is 5. The summed E-state index contributed by atoms with van der Waals surface area (Å²) >= 11 is 0. The van der Waals surface area contributed by atoms with Gasteiger partial charge in [0, 0.05) is 6.42 Å². The molecule has 83 heavy (non-hydrogen) atoms. The van der Waals surface area contributed by atoms with Gasteiger partial charge in [-0.15, -0.1) is 0 Å². The number of carbonyl (C=O) groups is 2. The monoisotopic (exact) mass is 1160 g/mol. The first-order valence-electron chi connectivity index (χ1n) is 33.7. The Morgan fingerprint density at radius 3 is 1.43 bits per heavy atom. The van der Waals surface area contributed by atoms with Gasteiger partial charge in [-0.2, -0.15) is 0 Å². The molecule has 476 valence electrons. The van der Waals surface area contributed by atoms with Crippen molar-refractivity contribution in [1.82, 2.24) is 5.32 Å². The first kappa shape index (κ1) is 77.3. The lowest BCUT2D eigenvalue weighted by Crippen LogP contribution is -2.61. The zero-order chi connectivity index (χ0) is 60.3. The molecule has 1 fully saturated rings. The number of hydrogen-bond acceptors (Lipinski definition) is 10. The number of allylic oxidation sites excluding steroid dienone is 17. The Balaban J connectivity index is 2.62. The third-order valence-electron chi connectivity index (χ3n) is 15.3. The summed E-state index contributed by atoms with van der Waals surface area (Å²) in [6.45, 7) is 5.61. The summed E-state index contributed by atoms with van der Waals surface area (Å²) in [5, 5.41) is 57.1. The Kier molecular flexibility index (Phi) is 54.7. The van der Waals surface area contributed by atoms with Crippen LogP contribution in [0.2, 0.25) is 0 Å². The molecule has 0 aromatic rings. The molecule has 1 amide bonds. The number of amides is 1. The van der Waals surface area contributed by atoms with Crippen LogP contribution in [0.15, 0.2) is 109 Å². The highest BCUT2D eigenvalue weighted by Crippen LogP contribution is 2.26. The van der Waals surface area contributed by atoms with Gasteiger partial charge >= 0.3 is 5.97 Å². The molecule has 1 aliphatic rings. The van der Waals surface area contributed by atoms with Crippen molar-refractivity contribution in [2.24, 2.45) is 0 Å². The summed E-state index contributed by atoms with van der Waals surface area (Å²) in [5.41, 5.74) is 0. The highest BCUT2D eigenvalue weighted by atomic mass is 16.7. The molecular weight excluding hydrogens is 1040 g/mol. The smallest absolute Gasteiger partial charge is 0.306 e. The molecule has 1 rings (SSSR count). The standard InChI is InChI=1S/C72H123NO10/c1-4-7-10-13-16-19-22-25-27-28-29-30-31-32-33-34-35-36-37-39-41-44-47-50-53-56-59-65(76)71(80)73-63(64(75)58-55-52-49-46-43-40-24-21-18-15-12-9-6-3)62-81-72-70(69(79)68(78)66(61-74)82-72)83-67(77)60-57-54-51-48-45-42-38-26-23-20-17-14-11-8-5-2/h8,11,14,16-17,19-20,23,25-27,29-30,32-33,38,55,58,63-66,68-70,72,74-76,78-79H,4-7,9-10,12-13,15,18,21-22,24,28,31,34-37,39-54,56-57,59-62H2,1-3H3,(H,73,80)/b11-8+,17-14+,19-16-,23-20+,27-25-,30-29-,33-32-,38-26-,58-55+. The number of rotatable bonds is 56. The molecule has 0 aromatic heterocycles. The lowest BCUT2D eigenvalue weighted by atomic mass is 9.99. The van der Waals surface area contributed by atoms with Crippen LogP contribution in [0.4, 0.5) is 0 Å². The van der Waals surface area contributed by atoms with Crippen LogP contribution in [0, 0.1) is 0 Å². The summed E-state index contributed by atoms with van der Waals surface area (Å²) in [6.07, 6.45) is 69.8. The lowest BCUT2D eigenvalue weighted by Gasteiger charge is -2.41. The number of carbonyl (C=O) groups excluding carboxylic acids is 2. The predicted octanol–water partition coefficient (Wildman–Crippen LogP) is 16.8. The Bertz CT molecular complexity index is 1770. The zero-order valence-electron chi connectivity index (χ0n) is 52.8. The van der Waals surface area contributed by atoms with Crippen molar-refractivity contribution in [3.8, 4) is 0 Å². The topological polar surface area (TPSA) is 175 Å². The Morgan fingerprint density at radius 2 is 0.916 bits per heavy atom. The Hall–Kier alpha value is -3.68. The number of nitrogens with one attached hydrogen (secondary N) is 1. The molecule has 0 aromatic carbocycles. The van der Waals surface area contributed by atoms with Gasteiger partial charge in [0.2, 0.25) is 5.91 Å². The van der Waals surface area contributed by atoms with Crippen LogP contribution in [0.3, 0.4) is 0 Å². The van der Waals surface area contributed by atoms with Gasteiger partial charge in [-0.05, 0) is 89.9 Å². The second-order valence-corrected chi connectivity index (χ2v) is 22.9. The van der Waals surface area contributed by atoms with E-state index < -0.39 is 67.4 Å². The van der Waals surface area contributed by atoms with E-state index in [0.29, 0.717) is 12.8 Å². The first-order chi connectivity index (χ1) is 40.7. The summed E-state index contributed by atoms with van der Waals surface area (Å²) in [5.74, 6) is -1.23. The molecule has 8 atom stereocenters. The van der Waals surface area contributed by atoms with E-state index in [-0.39, 0.29) is 19.4 Å². The van der Waals surface area contributed by atoms with Crippen molar-refractivity contribution in [1.29, 1.82) is 0 Å². The number of esters is 1. The minimum absolute atomic E-state index is 0.0923. The molecule has 1 heterocycles. The minimum Gasteiger partial charge on any atom is -0.454 e. The number of unbranched alkanes of at least 4 members (excludes halogenated alkanes) is 29. The number of hydrogen-bond donors (Lipinski definition) is 6. The molecule has 0 bridgehead atoms. The Morgan fingerprint density at radius 1 is 0.494 bits per heavy atom. The maximum atomic E-state index is 13.5. The van der Waals surface area contributed by atoms with E-state index in [1.807, 2.05) is 42.5 Å². The summed E-state index contributed by atoms with van der Waals surface area (Å²) in [4.78, 5) is 26.6. The molecule has 0 saturated carbocycles. The molecule has 0 aliphatic carbocycles. The van der Waals surface area contributed by atoms with Crippen molar-refractivity contribution in [2.45, 2.75) is 320 Å². The third-order valence-corrected chi connectivity index (χ3v) is 15.3. The fourth-order valence-electron chi connectivity index (χ4n) is 9.94. The van der Waals surface area contributed by atoms with Crippen LogP contribution in [-0.2, 0) is 23.8 Å². The van der Waals surface area contributed by atoms with E-state index in [9.17, 15) is 35.1 Å². The fourth-order valence-corrected chi connectivity index (χ4v) is 9.94. The zero-order valence-corrected chi connectivity index (χ0v) is 52.8. The molecule has 1 aliphatic heterocycles. The maximum absolute atomic E-state index is 13.5. The van der Waals surface area contributed by atoms with Crippen LogP contribution < -0.4 is 5.32 Å². The average Bonchev–Trinajstić information content (AvgIpc) is 3.54. The minimum atomic E-state index is -1.63. The van der Waals surface area contributed by atoms with Gasteiger partial charge in [0.1, 0.15) is 24.4 Å². The molecular formula is C72H123NO10. The quantitative estimate of drug-likeness (QED) is 0.0149. The number of aliphatic hydroxyl groups excluding tert-OH is 5. The average molecular weight is 1160 g/mol. The first-order valence-corrected chi connectivity index (χ1v) is 33.7. The van der Waals surface area contributed by atoms with Crippen molar-refractivity contribution in [3.63, 3.8) is 0 Å². The van der Waals surface area contributed by atoms with Gasteiger partial charge in [-0.25, -0.2) is 0 Å². The van der Waals surface area contributed by atoms with E-state index in [2.05, 4.69) is 86.8 Å². The molecule has 1 saturated heterocycles. The second-order valence-electron chi connectivity index (χ2n) is 22.9. The highest BCUT2D eigenvalue weighted by molar-refractivity contribution is 5.80. The highest BCUT2D eigenvalue weighted by Gasteiger charge is 2.47. The summed E-state index contributed by atoms with van der Waals surface area (Å²) < 4.78 is 17.6.